The Morgan fingerprint density at radius 1 is 0.312 bits per heavy atom. The van der Waals surface area contributed by atoms with Crippen molar-refractivity contribution in [2.24, 2.45) is 0 Å². The number of rotatable bonds is 4. The molecule has 0 aliphatic carbocycles. The molecule has 0 radical (unpaired) electrons. The first kappa shape index (κ1) is 26.8. The average molecular weight is 613 g/mol. The summed E-state index contributed by atoms with van der Waals surface area (Å²) in [6, 6.07) is 58.3. The van der Waals surface area contributed by atoms with E-state index < -0.39 is 0 Å². The molecule has 48 heavy (non-hydrogen) atoms. The van der Waals surface area contributed by atoms with Crippen LogP contribution in [0.3, 0.4) is 0 Å². The molecule has 0 unspecified atom stereocenters. The highest BCUT2D eigenvalue weighted by Gasteiger charge is 2.19. The van der Waals surface area contributed by atoms with Crippen LogP contribution in [0.15, 0.2) is 179 Å². The third kappa shape index (κ3) is 4.06. The van der Waals surface area contributed by atoms with Crippen molar-refractivity contribution in [1.29, 1.82) is 0 Å². The number of hydrogen-bond acceptors (Lipinski definition) is 2. The first-order chi connectivity index (χ1) is 23.8. The van der Waals surface area contributed by atoms with E-state index in [0.717, 1.165) is 55.2 Å². The summed E-state index contributed by atoms with van der Waals surface area (Å²) in [6.07, 6.45) is 1.86. The molecule has 0 saturated heterocycles. The van der Waals surface area contributed by atoms with Crippen molar-refractivity contribution >= 4 is 54.5 Å². The second-order valence-corrected chi connectivity index (χ2v) is 12.4. The Bertz CT molecular complexity index is 2750. The van der Waals surface area contributed by atoms with Gasteiger partial charge < -0.3 is 8.83 Å². The molecular formula is C46H28O2. The minimum atomic E-state index is 0.862. The lowest BCUT2D eigenvalue weighted by atomic mass is 9.86. The smallest absolute Gasteiger partial charge is 0.136 e. The maximum Gasteiger partial charge on any atom is 0.136 e. The molecular weight excluding hydrogens is 585 g/mol. The molecule has 2 heteroatoms. The van der Waals surface area contributed by atoms with Gasteiger partial charge in [-0.25, -0.2) is 0 Å². The Balaban J connectivity index is 1.10. The van der Waals surface area contributed by atoms with Crippen LogP contribution in [0.25, 0.3) is 99.0 Å². The van der Waals surface area contributed by atoms with Crippen molar-refractivity contribution < 1.29 is 8.83 Å². The fourth-order valence-corrected chi connectivity index (χ4v) is 7.59. The van der Waals surface area contributed by atoms with Gasteiger partial charge in [-0.3, -0.25) is 0 Å². The molecule has 0 spiro atoms. The van der Waals surface area contributed by atoms with Gasteiger partial charge in [0.15, 0.2) is 0 Å². The van der Waals surface area contributed by atoms with E-state index in [2.05, 4.69) is 146 Å². The van der Waals surface area contributed by atoms with E-state index in [1.165, 1.54) is 43.8 Å². The summed E-state index contributed by atoms with van der Waals surface area (Å²) in [5.41, 5.74) is 12.0. The fraction of sp³-hybridized carbons (Fsp3) is 0. The molecule has 10 rings (SSSR count). The normalized spacial score (nSPS) is 11.8. The topological polar surface area (TPSA) is 26.3 Å². The molecule has 0 fully saturated rings. The molecule has 2 aromatic heterocycles. The Labute approximate surface area is 277 Å². The quantitative estimate of drug-likeness (QED) is 0.185. The lowest BCUT2D eigenvalue weighted by molar-refractivity contribution is 0.616. The summed E-state index contributed by atoms with van der Waals surface area (Å²) < 4.78 is 12.5. The average Bonchev–Trinajstić information content (AvgIpc) is 3.76. The van der Waals surface area contributed by atoms with Gasteiger partial charge in [-0.15, -0.1) is 0 Å². The van der Waals surface area contributed by atoms with Crippen LogP contribution in [0.1, 0.15) is 0 Å². The highest BCUT2D eigenvalue weighted by atomic mass is 16.3. The lowest BCUT2D eigenvalue weighted by Crippen LogP contribution is -1.90. The molecule has 0 aliphatic heterocycles. The van der Waals surface area contributed by atoms with Crippen LogP contribution in [0, 0.1) is 0 Å². The highest BCUT2D eigenvalue weighted by Crippen LogP contribution is 2.45. The van der Waals surface area contributed by atoms with Crippen LogP contribution in [-0.4, -0.2) is 0 Å². The maximum atomic E-state index is 6.48. The molecule has 0 saturated carbocycles. The Morgan fingerprint density at radius 3 is 1.44 bits per heavy atom. The fourth-order valence-electron chi connectivity index (χ4n) is 7.59. The van der Waals surface area contributed by atoms with E-state index in [0.29, 0.717) is 0 Å². The zero-order chi connectivity index (χ0) is 31.6. The molecule has 10 aromatic rings. The predicted molar refractivity (Wildman–Crippen MR) is 200 cm³/mol. The van der Waals surface area contributed by atoms with E-state index in [4.69, 9.17) is 8.83 Å². The van der Waals surface area contributed by atoms with Gasteiger partial charge in [-0.2, -0.15) is 0 Å². The Kier molecular flexibility index (Phi) is 5.91. The van der Waals surface area contributed by atoms with Gasteiger partial charge in [0.25, 0.3) is 0 Å². The molecule has 2 heterocycles. The van der Waals surface area contributed by atoms with E-state index >= 15 is 0 Å². The van der Waals surface area contributed by atoms with E-state index in [1.807, 2.05) is 24.5 Å². The maximum absolute atomic E-state index is 6.48. The van der Waals surface area contributed by atoms with Crippen LogP contribution in [0.4, 0.5) is 0 Å². The summed E-state index contributed by atoms with van der Waals surface area (Å²) in [4.78, 5) is 0. The second-order valence-electron chi connectivity index (χ2n) is 12.4. The summed E-state index contributed by atoms with van der Waals surface area (Å²) in [6.45, 7) is 0. The van der Waals surface area contributed by atoms with Gasteiger partial charge in [0.05, 0.1) is 6.26 Å². The first-order valence-corrected chi connectivity index (χ1v) is 16.3. The Hall–Kier alpha value is -6.38. The second kappa shape index (κ2) is 10.6. The van der Waals surface area contributed by atoms with E-state index in [9.17, 15) is 0 Å². The monoisotopic (exact) mass is 612 g/mol. The SMILES string of the molecule is c1ccc(-c2c3ccccc3c(-c3ccc(-c4ccc5c(c4)oc4ccc6occ(-c7ccccc7)c6c45)cc3)c3ccccc23)cc1. The third-order valence-electron chi connectivity index (χ3n) is 9.76. The molecule has 2 nitrogen and oxygen atoms in total. The lowest BCUT2D eigenvalue weighted by Gasteiger charge is -2.18. The highest BCUT2D eigenvalue weighted by molar-refractivity contribution is 6.23. The summed E-state index contributed by atoms with van der Waals surface area (Å²) >= 11 is 0. The summed E-state index contributed by atoms with van der Waals surface area (Å²) in [7, 11) is 0. The van der Waals surface area contributed by atoms with Crippen molar-refractivity contribution in [1.82, 2.24) is 0 Å². The number of fused-ring (bicyclic) bond motifs is 7. The van der Waals surface area contributed by atoms with Crippen molar-refractivity contribution in [2.75, 3.05) is 0 Å². The van der Waals surface area contributed by atoms with Crippen LogP contribution < -0.4 is 0 Å². The zero-order valence-electron chi connectivity index (χ0n) is 26.0. The van der Waals surface area contributed by atoms with Gasteiger partial charge in [0.2, 0.25) is 0 Å². The van der Waals surface area contributed by atoms with Gasteiger partial charge in [0, 0.05) is 21.7 Å². The van der Waals surface area contributed by atoms with Crippen LogP contribution in [0.2, 0.25) is 0 Å². The molecule has 8 aromatic carbocycles. The van der Waals surface area contributed by atoms with Crippen molar-refractivity contribution in [3.05, 3.63) is 170 Å². The van der Waals surface area contributed by atoms with Crippen LogP contribution in [0.5, 0.6) is 0 Å². The molecule has 0 N–H and O–H groups in total. The minimum absolute atomic E-state index is 0.862. The van der Waals surface area contributed by atoms with E-state index in [-0.39, 0.29) is 0 Å². The van der Waals surface area contributed by atoms with Crippen molar-refractivity contribution in [2.45, 2.75) is 0 Å². The number of furan rings is 2. The van der Waals surface area contributed by atoms with Gasteiger partial charge in [-0.05, 0) is 84.8 Å². The van der Waals surface area contributed by atoms with Gasteiger partial charge >= 0.3 is 0 Å². The molecule has 0 aliphatic rings. The van der Waals surface area contributed by atoms with Gasteiger partial charge in [0.1, 0.15) is 16.7 Å². The zero-order valence-corrected chi connectivity index (χ0v) is 26.0. The largest absolute Gasteiger partial charge is 0.464 e. The van der Waals surface area contributed by atoms with Crippen molar-refractivity contribution in [3.8, 4) is 44.5 Å². The van der Waals surface area contributed by atoms with Crippen LogP contribution in [-0.2, 0) is 0 Å². The summed E-state index contributed by atoms with van der Waals surface area (Å²) in [5, 5.41) is 8.31. The Morgan fingerprint density at radius 2 is 0.812 bits per heavy atom. The van der Waals surface area contributed by atoms with Crippen LogP contribution >= 0.6 is 0 Å². The molecule has 0 atom stereocenters. The molecule has 224 valence electrons. The van der Waals surface area contributed by atoms with E-state index in [1.54, 1.807) is 0 Å². The first-order valence-electron chi connectivity index (χ1n) is 16.3. The third-order valence-corrected chi connectivity index (χ3v) is 9.76. The standard InChI is InChI=1S/C46H28O2/c1-3-11-30(12-4-1)39-28-47-40-25-26-41-45(46(39)40)38-24-23-33(27-42(38)48-41)29-19-21-32(22-20-29)44-36-17-9-7-15-34(36)43(31-13-5-2-6-14-31)35-16-8-10-18-37(35)44/h1-28H. The molecule has 0 bridgehead atoms. The van der Waals surface area contributed by atoms with Gasteiger partial charge in [-0.1, -0.05) is 140 Å². The predicted octanol–water partition coefficient (Wildman–Crippen LogP) is 13.3. The van der Waals surface area contributed by atoms with Crippen molar-refractivity contribution in [3.63, 3.8) is 0 Å². The number of benzene rings is 8. The number of hydrogen-bond donors (Lipinski definition) is 0. The minimum Gasteiger partial charge on any atom is -0.464 e. The molecule has 0 amide bonds. The summed E-state index contributed by atoms with van der Waals surface area (Å²) in [5.74, 6) is 0.